The summed E-state index contributed by atoms with van der Waals surface area (Å²) in [6.45, 7) is 5.97. The molecule has 0 radical (unpaired) electrons. The Morgan fingerprint density at radius 3 is 2.86 bits per heavy atom. The fraction of sp³-hybridized carbons (Fsp3) is 0.412. The molecule has 5 heteroatoms. The Kier molecular flexibility index (Phi) is 4.53. The van der Waals surface area contributed by atoms with Crippen molar-refractivity contribution in [1.82, 2.24) is 15.3 Å². The van der Waals surface area contributed by atoms with Crippen LogP contribution in [0.25, 0.3) is 11.3 Å². The molecule has 0 spiro atoms. The van der Waals surface area contributed by atoms with Gasteiger partial charge in [-0.1, -0.05) is 12.1 Å². The number of benzene rings is 1. The van der Waals surface area contributed by atoms with Crippen LogP contribution in [0.15, 0.2) is 30.3 Å². The number of aryl methyl sites for hydroxylation is 1. The standard InChI is InChI=1S/C17H22N4O/c1-13-12-15(14-6-3-4-7-16(14)22-2)20-17(19-13)21-10-5-8-18-9-11-21/h3-4,6-7,12,18H,5,8-11H2,1-2H3. The topological polar surface area (TPSA) is 50.3 Å². The summed E-state index contributed by atoms with van der Waals surface area (Å²) in [7, 11) is 1.69. The number of hydrogen-bond donors (Lipinski definition) is 1. The van der Waals surface area contributed by atoms with Gasteiger partial charge in [0.25, 0.3) is 0 Å². The predicted molar refractivity (Wildman–Crippen MR) is 88.5 cm³/mol. The normalized spacial score (nSPS) is 15.5. The third-order valence-corrected chi connectivity index (χ3v) is 3.85. The summed E-state index contributed by atoms with van der Waals surface area (Å²) in [5.74, 6) is 1.65. The van der Waals surface area contributed by atoms with E-state index in [4.69, 9.17) is 9.72 Å². The third-order valence-electron chi connectivity index (χ3n) is 3.85. The molecule has 3 rings (SSSR count). The molecule has 0 saturated carbocycles. The van der Waals surface area contributed by atoms with Crippen LogP contribution in [-0.2, 0) is 0 Å². The highest BCUT2D eigenvalue weighted by Crippen LogP contribution is 2.29. The van der Waals surface area contributed by atoms with E-state index < -0.39 is 0 Å². The molecule has 22 heavy (non-hydrogen) atoms. The highest BCUT2D eigenvalue weighted by Gasteiger charge is 2.15. The van der Waals surface area contributed by atoms with Crippen LogP contribution in [0.5, 0.6) is 5.75 Å². The lowest BCUT2D eigenvalue weighted by atomic mass is 10.1. The van der Waals surface area contributed by atoms with E-state index in [9.17, 15) is 0 Å². The number of methoxy groups -OCH3 is 1. The van der Waals surface area contributed by atoms with Gasteiger partial charge in [-0.3, -0.25) is 0 Å². The van der Waals surface area contributed by atoms with E-state index in [0.29, 0.717) is 0 Å². The lowest BCUT2D eigenvalue weighted by Crippen LogP contribution is -2.29. The van der Waals surface area contributed by atoms with Crippen molar-refractivity contribution in [3.8, 4) is 17.0 Å². The molecule has 0 aliphatic carbocycles. The Balaban J connectivity index is 1.99. The molecule has 0 bridgehead atoms. The summed E-state index contributed by atoms with van der Waals surface area (Å²) in [5, 5.41) is 3.41. The number of para-hydroxylation sites is 1. The monoisotopic (exact) mass is 298 g/mol. The van der Waals surface area contributed by atoms with Crippen LogP contribution in [0.4, 0.5) is 5.95 Å². The number of aromatic nitrogens is 2. The molecule has 116 valence electrons. The van der Waals surface area contributed by atoms with Gasteiger partial charge in [-0.2, -0.15) is 0 Å². The summed E-state index contributed by atoms with van der Waals surface area (Å²) < 4.78 is 5.46. The number of ether oxygens (including phenoxy) is 1. The van der Waals surface area contributed by atoms with Crippen LogP contribution >= 0.6 is 0 Å². The fourth-order valence-corrected chi connectivity index (χ4v) is 2.73. The van der Waals surface area contributed by atoms with E-state index in [0.717, 1.165) is 61.2 Å². The van der Waals surface area contributed by atoms with Gasteiger partial charge in [-0.15, -0.1) is 0 Å². The summed E-state index contributed by atoms with van der Waals surface area (Å²) in [4.78, 5) is 11.7. The van der Waals surface area contributed by atoms with Crippen molar-refractivity contribution in [3.63, 3.8) is 0 Å². The Morgan fingerprint density at radius 1 is 1.14 bits per heavy atom. The lowest BCUT2D eigenvalue weighted by molar-refractivity contribution is 0.416. The zero-order valence-electron chi connectivity index (χ0n) is 13.2. The van der Waals surface area contributed by atoms with Crippen molar-refractivity contribution < 1.29 is 4.74 Å². The van der Waals surface area contributed by atoms with E-state index in [2.05, 4.69) is 15.2 Å². The summed E-state index contributed by atoms with van der Waals surface area (Å²) in [6, 6.07) is 9.98. The van der Waals surface area contributed by atoms with Crippen LogP contribution in [-0.4, -0.2) is 43.3 Å². The lowest BCUT2D eigenvalue weighted by Gasteiger charge is -2.21. The van der Waals surface area contributed by atoms with Crippen molar-refractivity contribution in [2.45, 2.75) is 13.3 Å². The summed E-state index contributed by atoms with van der Waals surface area (Å²) in [5.41, 5.74) is 2.89. The average molecular weight is 298 g/mol. The van der Waals surface area contributed by atoms with Gasteiger partial charge in [-0.25, -0.2) is 9.97 Å². The molecule has 1 saturated heterocycles. The van der Waals surface area contributed by atoms with Gasteiger partial charge in [-0.05, 0) is 38.1 Å². The average Bonchev–Trinajstić information content (AvgIpc) is 2.83. The quantitative estimate of drug-likeness (QED) is 0.942. The SMILES string of the molecule is COc1ccccc1-c1cc(C)nc(N2CCCNCC2)n1. The van der Waals surface area contributed by atoms with Gasteiger partial charge in [0.15, 0.2) is 0 Å². The number of nitrogens with zero attached hydrogens (tertiary/aromatic N) is 3. The first-order valence-electron chi connectivity index (χ1n) is 7.72. The largest absolute Gasteiger partial charge is 0.496 e. The Bertz CT molecular complexity index is 636. The number of nitrogens with one attached hydrogen (secondary N) is 1. The van der Waals surface area contributed by atoms with Gasteiger partial charge < -0.3 is 15.0 Å². The molecule has 1 aromatic heterocycles. The van der Waals surface area contributed by atoms with Gasteiger partial charge >= 0.3 is 0 Å². The zero-order chi connectivity index (χ0) is 15.4. The second-order valence-corrected chi connectivity index (χ2v) is 5.49. The van der Waals surface area contributed by atoms with Crippen LogP contribution in [0, 0.1) is 6.92 Å². The minimum absolute atomic E-state index is 0.810. The van der Waals surface area contributed by atoms with E-state index in [-0.39, 0.29) is 0 Å². The van der Waals surface area contributed by atoms with E-state index in [1.807, 2.05) is 37.3 Å². The van der Waals surface area contributed by atoms with E-state index >= 15 is 0 Å². The van der Waals surface area contributed by atoms with Crippen molar-refractivity contribution >= 4 is 5.95 Å². The molecule has 1 aliphatic heterocycles. The Morgan fingerprint density at radius 2 is 2.00 bits per heavy atom. The first kappa shape index (κ1) is 14.8. The third kappa shape index (κ3) is 3.20. The second kappa shape index (κ2) is 6.75. The molecule has 0 unspecified atom stereocenters. The van der Waals surface area contributed by atoms with Crippen molar-refractivity contribution in [1.29, 1.82) is 0 Å². The highest BCUT2D eigenvalue weighted by atomic mass is 16.5. The Hall–Kier alpha value is -2.14. The maximum atomic E-state index is 5.46. The summed E-state index contributed by atoms with van der Waals surface area (Å²) in [6.07, 6.45) is 1.11. The van der Waals surface area contributed by atoms with Crippen LogP contribution in [0.1, 0.15) is 12.1 Å². The first-order chi connectivity index (χ1) is 10.8. The van der Waals surface area contributed by atoms with Crippen molar-refractivity contribution in [2.24, 2.45) is 0 Å². The molecular weight excluding hydrogens is 276 g/mol. The summed E-state index contributed by atoms with van der Waals surface area (Å²) >= 11 is 0. The van der Waals surface area contributed by atoms with Gasteiger partial charge in [0.05, 0.1) is 12.8 Å². The molecule has 0 amide bonds. The van der Waals surface area contributed by atoms with Crippen LogP contribution in [0.2, 0.25) is 0 Å². The number of rotatable bonds is 3. The first-order valence-corrected chi connectivity index (χ1v) is 7.72. The van der Waals surface area contributed by atoms with Crippen LogP contribution < -0.4 is 15.0 Å². The fourth-order valence-electron chi connectivity index (χ4n) is 2.73. The molecule has 2 heterocycles. The van der Waals surface area contributed by atoms with Crippen molar-refractivity contribution in [3.05, 3.63) is 36.0 Å². The number of hydrogen-bond acceptors (Lipinski definition) is 5. The van der Waals surface area contributed by atoms with Crippen LogP contribution in [0.3, 0.4) is 0 Å². The number of anilines is 1. The molecule has 5 nitrogen and oxygen atoms in total. The minimum atomic E-state index is 0.810. The molecule has 0 atom stereocenters. The van der Waals surface area contributed by atoms with Gasteiger partial charge in [0, 0.05) is 30.9 Å². The molecule has 1 aliphatic rings. The minimum Gasteiger partial charge on any atom is -0.496 e. The molecule has 1 aromatic carbocycles. The maximum Gasteiger partial charge on any atom is 0.226 e. The second-order valence-electron chi connectivity index (χ2n) is 5.49. The molecule has 1 fully saturated rings. The van der Waals surface area contributed by atoms with E-state index in [1.165, 1.54) is 0 Å². The molecule has 2 aromatic rings. The zero-order valence-corrected chi connectivity index (χ0v) is 13.2. The van der Waals surface area contributed by atoms with Gasteiger partial charge in [0.1, 0.15) is 5.75 Å². The van der Waals surface area contributed by atoms with Crippen molar-refractivity contribution in [2.75, 3.05) is 38.2 Å². The highest BCUT2D eigenvalue weighted by molar-refractivity contribution is 5.68. The van der Waals surface area contributed by atoms with E-state index in [1.54, 1.807) is 7.11 Å². The predicted octanol–water partition coefficient (Wildman–Crippen LogP) is 2.26. The molecule has 1 N–H and O–H groups in total. The molecular formula is C17H22N4O. The smallest absolute Gasteiger partial charge is 0.226 e. The maximum absolute atomic E-state index is 5.46. The Labute approximate surface area is 131 Å². The van der Waals surface area contributed by atoms with Gasteiger partial charge in [0.2, 0.25) is 5.95 Å².